The lowest BCUT2D eigenvalue weighted by Gasteiger charge is -2.43. The van der Waals surface area contributed by atoms with Gasteiger partial charge in [-0.2, -0.15) is 0 Å². The summed E-state index contributed by atoms with van der Waals surface area (Å²) in [5, 5.41) is 12.8. The zero-order valence-electron chi connectivity index (χ0n) is 7.18. The summed E-state index contributed by atoms with van der Waals surface area (Å²) < 4.78 is 0. The van der Waals surface area contributed by atoms with Crippen molar-refractivity contribution in [3.05, 3.63) is 0 Å². The minimum absolute atomic E-state index is 0.103. The number of amides is 1. The van der Waals surface area contributed by atoms with E-state index >= 15 is 0 Å². The van der Waals surface area contributed by atoms with Crippen molar-refractivity contribution in [2.45, 2.75) is 37.7 Å². The molecule has 2 aliphatic rings. The highest BCUT2D eigenvalue weighted by molar-refractivity contribution is 5.77. The molecule has 2 N–H and O–H groups in total. The molecule has 0 spiro atoms. The number of piperidine rings is 1. The molecule has 2 rings (SSSR count). The number of fused-ring (bicyclic) bond motifs is 1. The number of β-amino-alcohol motifs (C(OH)–C–C–N with tert-alkyl or cyclic N) is 1. The summed E-state index contributed by atoms with van der Waals surface area (Å²) in [6, 6.07) is 0. The van der Waals surface area contributed by atoms with E-state index in [9.17, 15) is 9.90 Å². The third kappa shape index (κ3) is 1.22. The lowest BCUT2D eigenvalue weighted by Crippen LogP contribution is -2.55. The van der Waals surface area contributed by atoms with Gasteiger partial charge < -0.3 is 10.4 Å². The van der Waals surface area contributed by atoms with Crippen molar-refractivity contribution in [2.75, 3.05) is 6.54 Å². The Bertz CT molecular complexity index is 205. The largest absolute Gasteiger partial charge is 0.388 e. The van der Waals surface area contributed by atoms with Crippen LogP contribution in [0.15, 0.2) is 0 Å². The van der Waals surface area contributed by atoms with Crippen LogP contribution in [0.5, 0.6) is 0 Å². The second kappa shape index (κ2) is 2.73. The minimum atomic E-state index is -0.577. The number of aliphatic hydroxyl groups is 1. The fraction of sp³-hybridized carbons (Fsp3) is 0.889. The van der Waals surface area contributed by atoms with Crippen molar-refractivity contribution in [1.82, 2.24) is 5.32 Å². The summed E-state index contributed by atoms with van der Waals surface area (Å²) in [7, 11) is 0. The predicted octanol–water partition coefficient (Wildman–Crippen LogP) is 0.428. The first-order valence-electron chi connectivity index (χ1n) is 4.70. The summed E-state index contributed by atoms with van der Waals surface area (Å²) >= 11 is 0. The van der Waals surface area contributed by atoms with Crippen LogP contribution in [-0.2, 0) is 4.79 Å². The molecule has 1 saturated heterocycles. The molecule has 3 nitrogen and oxygen atoms in total. The number of hydrogen-bond acceptors (Lipinski definition) is 2. The van der Waals surface area contributed by atoms with Crippen molar-refractivity contribution < 1.29 is 9.90 Å². The lowest BCUT2D eigenvalue weighted by atomic mass is 9.72. The van der Waals surface area contributed by atoms with Gasteiger partial charge in [0.05, 0.1) is 5.60 Å². The molecule has 12 heavy (non-hydrogen) atoms. The van der Waals surface area contributed by atoms with Crippen LogP contribution < -0.4 is 5.32 Å². The van der Waals surface area contributed by atoms with Crippen LogP contribution in [0, 0.1) is 5.92 Å². The first kappa shape index (κ1) is 8.05. The summed E-state index contributed by atoms with van der Waals surface area (Å²) in [4.78, 5) is 11.0. The Morgan fingerprint density at radius 1 is 1.50 bits per heavy atom. The van der Waals surface area contributed by atoms with E-state index in [1.807, 2.05) is 0 Å². The van der Waals surface area contributed by atoms with Gasteiger partial charge in [-0.1, -0.05) is 12.8 Å². The first-order chi connectivity index (χ1) is 5.71. The zero-order chi connectivity index (χ0) is 8.60. The standard InChI is InChI=1S/C9H15NO2/c11-8-5-7-3-1-2-4-9(7,12)6-10-8/h7,12H,1-6H2,(H,10,11)/t7-,9+/m0/s1. The Morgan fingerprint density at radius 2 is 2.33 bits per heavy atom. The van der Waals surface area contributed by atoms with Gasteiger partial charge in [-0.05, 0) is 18.8 Å². The summed E-state index contributed by atoms with van der Waals surface area (Å²) in [5.74, 6) is 0.326. The fourth-order valence-corrected chi connectivity index (χ4v) is 2.37. The van der Waals surface area contributed by atoms with Crippen LogP contribution in [0.2, 0.25) is 0 Å². The highest BCUT2D eigenvalue weighted by Crippen LogP contribution is 2.37. The zero-order valence-corrected chi connectivity index (χ0v) is 7.18. The molecule has 68 valence electrons. The van der Waals surface area contributed by atoms with Crippen LogP contribution in [0.4, 0.5) is 0 Å². The summed E-state index contributed by atoms with van der Waals surface area (Å²) in [6.07, 6.45) is 4.67. The van der Waals surface area contributed by atoms with Crippen LogP contribution in [0.3, 0.4) is 0 Å². The van der Waals surface area contributed by atoms with Crippen LogP contribution >= 0.6 is 0 Å². The quantitative estimate of drug-likeness (QED) is 0.552. The van der Waals surface area contributed by atoms with Gasteiger partial charge in [0, 0.05) is 13.0 Å². The normalized spacial score (nSPS) is 41.8. The second-order valence-electron chi connectivity index (χ2n) is 4.03. The van der Waals surface area contributed by atoms with Gasteiger partial charge in [-0.3, -0.25) is 4.79 Å². The minimum Gasteiger partial charge on any atom is -0.388 e. The third-order valence-electron chi connectivity index (χ3n) is 3.20. The molecule has 0 aromatic carbocycles. The van der Waals surface area contributed by atoms with Gasteiger partial charge in [0.15, 0.2) is 0 Å². The molecule has 0 radical (unpaired) electrons. The molecule has 3 heteroatoms. The Labute approximate surface area is 72.2 Å². The van der Waals surface area contributed by atoms with Gasteiger partial charge in [0.1, 0.15) is 0 Å². The van der Waals surface area contributed by atoms with E-state index in [1.165, 1.54) is 6.42 Å². The van der Waals surface area contributed by atoms with E-state index in [4.69, 9.17) is 0 Å². The van der Waals surface area contributed by atoms with Crippen LogP contribution in [0.1, 0.15) is 32.1 Å². The average molecular weight is 169 g/mol. The first-order valence-corrected chi connectivity index (χ1v) is 4.70. The van der Waals surface area contributed by atoms with Gasteiger partial charge in [-0.15, -0.1) is 0 Å². The SMILES string of the molecule is O=C1C[C@@H]2CCCC[C@@]2(O)CN1. The topological polar surface area (TPSA) is 49.3 Å². The molecule has 0 unspecified atom stereocenters. The highest BCUT2D eigenvalue weighted by Gasteiger charge is 2.42. The number of hydrogen-bond donors (Lipinski definition) is 2. The summed E-state index contributed by atoms with van der Waals surface area (Å²) in [6.45, 7) is 0.469. The fourth-order valence-electron chi connectivity index (χ4n) is 2.37. The summed E-state index contributed by atoms with van der Waals surface area (Å²) in [5.41, 5.74) is -0.577. The smallest absolute Gasteiger partial charge is 0.220 e. The molecule has 1 heterocycles. The highest BCUT2D eigenvalue weighted by atomic mass is 16.3. The van der Waals surface area contributed by atoms with E-state index in [1.54, 1.807) is 0 Å². The Hall–Kier alpha value is -0.570. The predicted molar refractivity (Wildman–Crippen MR) is 44.5 cm³/mol. The maximum Gasteiger partial charge on any atom is 0.220 e. The molecule has 2 atom stereocenters. The third-order valence-corrected chi connectivity index (χ3v) is 3.20. The van der Waals surface area contributed by atoms with Crippen molar-refractivity contribution in [3.8, 4) is 0 Å². The number of carbonyl (C=O) groups is 1. The maximum atomic E-state index is 11.0. The molecule has 2 fully saturated rings. The van der Waals surface area contributed by atoms with E-state index in [0.29, 0.717) is 13.0 Å². The average Bonchev–Trinajstić information content (AvgIpc) is 2.06. The molecular weight excluding hydrogens is 154 g/mol. The van der Waals surface area contributed by atoms with Crippen molar-refractivity contribution >= 4 is 5.91 Å². The molecule has 1 amide bonds. The van der Waals surface area contributed by atoms with Crippen LogP contribution in [-0.4, -0.2) is 23.2 Å². The lowest BCUT2D eigenvalue weighted by molar-refractivity contribution is -0.135. The van der Waals surface area contributed by atoms with E-state index in [2.05, 4.69) is 5.32 Å². The molecule has 1 saturated carbocycles. The Kier molecular flexibility index (Phi) is 1.83. The number of carbonyl (C=O) groups excluding carboxylic acids is 1. The Morgan fingerprint density at radius 3 is 3.17 bits per heavy atom. The van der Waals surface area contributed by atoms with Gasteiger partial charge in [-0.25, -0.2) is 0 Å². The Balaban J connectivity index is 2.11. The van der Waals surface area contributed by atoms with Crippen molar-refractivity contribution in [1.29, 1.82) is 0 Å². The molecule has 0 bridgehead atoms. The molecule has 0 aromatic heterocycles. The monoisotopic (exact) mass is 169 g/mol. The van der Waals surface area contributed by atoms with Crippen molar-refractivity contribution in [2.24, 2.45) is 5.92 Å². The maximum absolute atomic E-state index is 11.0. The molecule has 1 aliphatic carbocycles. The van der Waals surface area contributed by atoms with E-state index in [-0.39, 0.29) is 11.8 Å². The van der Waals surface area contributed by atoms with Gasteiger partial charge in [0.2, 0.25) is 5.91 Å². The van der Waals surface area contributed by atoms with E-state index < -0.39 is 5.60 Å². The molecule has 0 aromatic rings. The van der Waals surface area contributed by atoms with Gasteiger partial charge in [0.25, 0.3) is 0 Å². The van der Waals surface area contributed by atoms with Gasteiger partial charge >= 0.3 is 0 Å². The van der Waals surface area contributed by atoms with Crippen LogP contribution in [0.25, 0.3) is 0 Å². The number of rotatable bonds is 0. The molecular formula is C9H15NO2. The van der Waals surface area contributed by atoms with E-state index in [0.717, 1.165) is 19.3 Å². The second-order valence-corrected chi connectivity index (χ2v) is 4.03. The molecule has 1 aliphatic heterocycles. The van der Waals surface area contributed by atoms with Crippen molar-refractivity contribution in [3.63, 3.8) is 0 Å². The number of nitrogens with one attached hydrogen (secondary N) is 1.